The molecule has 1 aromatic heterocycles. The van der Waals surface area contributed by atoms with Gasteiger partial charge in [0.2, 0.25) is 0 Å². The summed E-state index contributed by atoms with van der Waals surface area (Å²) in [5.74, 6) is 1.95. The first-order valence-electron chi connectivity index (χ1n) is 9.97. The summed E-state index contributed by atoms with van der Waals surface area (Å²) in [7, 11) is 0. The van der Waals surface area contributed by atoms with E-state index < -0.39 is 0 Å². The van der Waals surface area contributed by atoms with Gasteiger partial charge in [0.05, 0.1) is 5.51 Å². The molecule has 5 atom stereocenters. The van der Waals surface area contributed by atoms with E-state index in [1.807, 2.05) is 12.1 Å². The van der Waals surface area contributed by atoms with Gasteiger partial charge in [-0.05, 0) is 79.5 Å². The largest absolute Gasteiger partial charge is 0.508 e. The van der Waals surface area contributed by atoms with E-state index in [2.05, 4.69) is 18.0 Å². The van der Waals surface area contributed by atoms with Gasteiger partial charge in [-0.1, -0.05) is 13.0 Å². The number of benzene rings is 1. The molecule has 2 saturated carbocycles. The number of thiazole rings is 1. The maximum atomic E-state index is 12.5. The molecule has 0 aliphatic heterocycles. The first-order valence-corrected chi connectivity index (χ1v) is 10.9. The van der Waals surface area contributed by atoms with Crippen molar-refractivity contribution in [3.05, 3.63) is 45.9 Å². The Balaban J connectivity index is 1.38. The van der Waals surface area contributed by atoms with Crippen LogP contribution in [0.2, 0.25) is 0 Å². The van der Waals surface area contributed by atoms with Gasteiger partial charge in [-0.15, -0.1) is 11.3 Å². The Kier molecular flexibility index (Phi) is 4.04. The minimum Gasteiger partial charge on any atom is -0.508 e. The molecule has 1 heterocycles. The van der Waals surface area contributed by atoms with E-state index in [1.54, 1.807) is 10.9 Å². The van der Waals surface area contributed by atoms with Crippen molar-refractivity contribution in [2.75, 3.05) is 0 Å². The van der Waals surface area contributed by atoms with E-state index in [0.717, 1.165) is 32.1 Å². The summed E-state index contributed by atoms with van der Waals surface area (Å²) >= 11 is 1.43. The van der Waals surface area contributed by atoms with Crippen LogP contribution in [0.3, 0.4) is 0 Å². The van der Waals surface area contributed by atoms with Crippen LogP contribution in [-0.4, -0.2) is 22.2 Å². The lowest BCUT2D eigenvalue weighted by Gasteiger charge is -2.50. The number of nitrogens with zero attached hydrogens (tertiary/aromatic N) is 1. The molecule has 4 nitrogen and oxygen atoms in total. The fourth-order valence-corrected chi connectivity index (χ4v) is 6.74. The van der Waals surface area contributed by atoms with Crippen LogP contribution < -0.4 is 0 Å². The van der Waals surface area contributed by atoms with E-state index in [9.17, 15) is 9.90 Å². The van der Waals surface area contributed by atoms with Gasteiger partial charge in [-0.3, -0.25) is 0 Å². The van der Waals surface area contributed by atoms with Gasteiger partial charge in [-0.25, -0.2) is 9.78 Å². The summed E-state index contributed by atoms with van der Waals surface area (Å²) in [6, 6.07) is 5.92. The van der Waals surface area contributed by atoms with Gasteiger partial charge < -0.3 is 9.84 Å². The summed E-state index contributed by atoms with van der Waals surface area (Å²) in [4.78, 5) is 16.6. The van der Waals surface area contributed by atoms with Crippen LogP contribution >= 0.6 is 11.3 Å². The zero-order valence-corrected chi connectivity index (χ0v) is 16.4. The third-order valence-electron chi connectivity index (χ3n) is 7.51. The number of rotatable bonds is 2. The molecule has 0 radical (unpaired) electrons. The fraction of sp³-hybridized carbons (Fsp3) is 0.545. The smallest absolute Gasteiger partial charge is 0.358 e. The average Bonchev–Trinajstić information content (AvgIpc) is 3.30. The average molecular weight is 384 g/mol. The molecular weight excluding hydrogens is 358 g/mol. The number of fused-ring (bicyclic) bond motifs is 5. The van der Waals surface area contributed by atoms with Crippen LogP contribution in [0, 0.1) is 17.3 Å². The van der Waals surface area contributed by atoms with Crippen LogP contribution in [0.4, 0.5) is 0 Å². The number of aromatic nitrogens is 1. The topological polar surface area (TPSA) is 59.4 Å². The molecule has 3 aliphatic carbocycles. The maximum absolute atomic E-state index is 12.5. The molecule has 5 heteroatoms. The van der Waals surface area contributed by atoms with Crippen molar-refractivity contribution < 1.29 is 14.6 Å². The van der Waals surface area contributed by atoms with Gasteiger partial charge in [0.1, 0.15) is 11.9 Å². The van der Waals surface area contributed by atoms with E-state index in [0.29, 0.717) is 29.2 Å². The Morgan fingerprint density at radius 3 is 3.00 bits per heavy atom. The Bertz CT molecular complexity index is 864. The van der Waals surface area contributed by atoms with Crippen LogP contribution in [-0.2, 0) is 11.2 Å². The highest BCUT2D eigenvalue weighted by Crippen LogP contribution is 2.61. The van der Waals surface area contributed by atoms with Gasteiger partial charge in [-0.2, -0.15) is 0 Å². The lowest BCUT2D eigenvalue weighted by Crippen LogP contribution is -2.45. The van der Waals surface area contributed by atoms with Crippen molar-refractivity contribution in [1.29, 1.82) is 0 Å². The van der Waals surface area contributed by atoms with Crippen LogP contribution in [0.15, 0.2) is 29.1 Å². The quantitative estimate of drug-likeness (QED) is 0.747. The Morgan fingerprint density at radius 1 is 1.30 bits per heavy atom. The van der Waals surface area contributed by atoms with E-state index in [4.69, 9.17) is 4.74 Å². The number of carbonyl (C=O) groups is 1. The van der Waals surface area contributed by atoms with Gasteiger partial charge in [0.15, 0.2) is 5.69 Å². The summed E-state index contributed by atoms with van der Waals surface area (Å²) in [6.07, 6.45) is 6.55. The zero-order chi connectivity index (χ0) is 18.6. The zero-order valence-electron chi connectivity index (χ0n) is 15.6. The minimum absolute atomic E-state index is 0.00105. The molecule has 27 heavy (non-hydrogen) atoms. The van der Waals surface area contributed by atoms with Crippen molar-refractivity contribution in [1.82, 2.24) is 4.98 Å². The number of phenols is 1. The van der Waals surface area contributed by atoms with Gasteiger partial charge in [0.25, 0.3) is 0 Å². The first-order chi connectivity index (χ1) is 13.1. The van der Waals surface area contributed by atoms with Crippen LogP contribution in [0.5, 0.6) is 5.75 Å². The molecule has 0 amide bonds. The second-order valence-electron chi connectivity index (χ2n) is 8.69. The minimum atomic E-state index is -0.269. The molecule has 2 aromatic rings. The van der Waals surface area contributed by atoms with Crippen molar-refractivity contribution in [3.63, 3.8) is 0 Å². The number of esters is 1. The number of hydrogen-bond donors (Lipinski definition) is 1. The summed E-state index contributed by atoms with van der Waals surface area (Å²) in [5.41, 5.74) is 4.95. The number of carbonyl (C=O) groups excluding carboxylic acids is 1. The molecule has 5 rings (SSSR count). The number of hydrogen-bond acceptors (Lipinski definition) is 5. The lowest BCUT2D eigenvalue weighted by molar-refractivity contribution is -0.0430. The molecule has 3 aliphatic rings. The predicted molar refractivity (Wildman–Crippen MR) is 104 cm³/mol. The Labute approximate surface area is 163 Å². The van der Waals surface area contributed by atoms with E-state index >= 15 is 0 Å². The molecule has 142 valence electrons. The predicted octanol–water partition coefficient (Wildman–Crippen LogP) is 4.93. The highest BCUT2D eigenvalue weighted by atomic mass is 32.1. The highest BCUT2D eigenvalue weighted by molar-refractivity contribution is 7.07. The fourth-order valence-electron chi connectivity index (χ4n) is 6.22. The molecule has 2 fully saturated rings. The standard InChI is InChI=1S/C22H25NO3S/c1-22-9-8-16-15-5-3-14(24)10-13(15)2-4-17(16)18(22)6-7-20(22)26-21(25)19-11-27-12-23-19/h3,5,10-12,16-18,20,24H,2,4,6-9H2,1H3/t16-,17-,18+,20+,22+/m1/s1. The first kappa shape index (κ1) is 17.2. The number of ether oxygens (including phenoxy) is 1. The molecule has 0 bridgehead atoms. The van der Waals surface area contributed by atoms with Crippen molar-refractivity contribution in [3.8, 4) is 5.75 Å². The summed E-state index contributed by atoms with van der Waals surface area (Å²) < 4.78 is 5.97. The molecule has 0 saturated heterocycles. The molecule has 0 spiro atoms. The monoisotopic (exact) mass is 383 g/mol. The van der Waals surface area contributed by atoms with Crippen LogP contribution in [0.25, 0.3) is 0 Å². The second kappa shape index (κ2) is 6.33. The Morgan fingerprint density at radius 2 is 2.19 bits per heavy atom. The summed E-state index contributed by atoms with van der Waals surface area (Å²) in [5, 5.41) is 11.6. The normalized spacial score (nSPS) is 34.4. The molecular formula is C22H25NO3S. The third-order valence-corrected chi connectivity index (χ3v) is 8.10. The molecule has 0 unspecified atom stereocenters. The van der Waals surface area contributed by atoms with Crippen molar-refractivity contribution in [2.45, 2.75) is 57.5 Å². The van der Waals surface area contributed by atoms with E-state index in [-0.39, 0.29) is 17.5 Å². The highest BCUT2D eigenvalue weighted by Gasteiger charge is 2.56. The van der Waals surface area contributed by atoms with Crippen molar-refractivity contribution in [2.24, 2.45) is 17.3 Å². The van der Waals surface area contributed by atoms with E-state index in [1.165, 1.54) is 28.9 Å². The molecule has 1 N–H and O–H groups in total. The second-order valence-corrected chi connectivity index (χ2v) is 9.41. The summed E-state index contributed by atoms with van der Waals surface area (Å²) in [6.45, 7) is 2.34. The van der Waals surface area contributed by atoms with Gasteiger partial charge >= 0.3 is 5.97 Å². The molecule has 1 aromatic carbocycles. The lowest BCUT2D eigenvalue weighted by atomic mass is 9.55. The number of aromatic hydroxyl groups is 1. The SMILES string of the molecule is C[C@]12CC[C@@H]3c4ccc(O)cc4CC[C@H]3[C@@H]1CC[C@@H]2OC(=O)c1cscn1. The Hall–Kier alpha value is -1.88. The number of aryl methyl sites for hydroxylation is 1. The maximum Gasteiger partial charge on any atom is 0.358 e. The number of phenolic OH excluding ortho intramolecular Hbond substituents is 1. The third kappa shape index (κ3) is 2.70. The van der Waals surface area contributed by atoms with Gasteiger partial charge in [0, 0.05) is 10.8 Å². The van der Waals surface area contributed by atoms with Crippen LogP contribution in [0.1, 0.15) is 66.6 Å². The van der Waals surface area contributed by atoms with Crippen molar-refractivity contribution >= 4 is 17.3 Å².